The van der Waals surface area contributed by atoms with Crippen LogP contribution in [0.15, 0.2) is 29.6 Å². The van der Waals surface area contributed by atoms with Crippen molar-refractivity contribution in [3.63, 3.8) is 0 Å². The van der Waals surface area contributed by atoms with Crippen molar-refractivity contribution in [1.29, 1.82) is 0 Å². The highest BCUT2D eigenvalue weighted by molar-refractivity contribution is 7.10. The Morgan fingerprint density at radius 1 is 1.27 bits per heavy atom. The molecule has 0 fully saturated rings. The molecule has 0 atom stereocenters. The molecule has 0 spiro atoms. The predicted octanol–water partition coefficient (Wildman–Crippen LogP) is 4.04. The van der Waals surface area contributed by atoms with E-state index >= 15 is 0 Å². The van der Waals surface area contributed by atoms with E-state index in [4.69, 9.17) is 0 Å². The molecule has 4 heteroatoms. The van der Waals surface area contributed by atoms with Gasteiger partial charge in [-0.1, -0.05) is 6.07 Å². The van der Waals surface area contributed by atoms with Crippen molar-refractivity contribution in [2.75, 3.05) is 6.54 Å². The number of carbonyl (C=O) groups is 1. The van der Waals surface area contributed by atoms with E-state index in [9.17, 15) is 4.79 Å². The van der Waals surface area contributed by atoms with Crippen LogP contribution in [0.25, 0.3) is 10.9 Å². The second kappa shape index (κ2) is 4.99. The van der Waals surface area contributed by atoms with Crippen LogP contribution in [0.4, 0.5) is 0 Å². The van der Waals surface area contributed by atoms with Crippen LogP contribution < -0.4 is 0 Å². The second-order valence-corrected chi connectivity index (χ2v) is 7.07. The monoisotopic (exact) mass is 310 g/mol. The molecule has 3 heterocycles. The molecule has 1 aromatic carbocycles. The fourth-order valence-corrected chi connectivity index (χ4v) is 4.20. The van der Waals surface area contributed by atoms with Crippen LogP contribution in [0, 0.1) is 13.8 Å². The summed E-state index contributed by atoms with van der Waals surface area (Å²) in [4.78, 5) is 19.5. The van der Waals surface area contributed by atoms with Crippen LogP contribution >= 0.6 is 11.3 Å². The summed E-state index contributed by atoms with van der Waals surface area (Å²) in [5.74, 6) is 0.102. The SMILES string of the molecule is Cc1cc(C)c2cc(C(=O)N3CCc4sccc4C3)[nH]c2c1. The zero-order chi connectivity index (χ0) is 15.3. The maximum absolute atomic E-state index is 12.8. The normalized spacial score (nSPS) is 14.4. The molecule has 1 amide bonds. The first-order chi connectivity index (χ1) is 10.6. The summed E-state index contributed by atoms with van der Waals surface area (Å²) in [7, 11) is 0. The van der Waals surface area contributed by atoms with Crippen LogP contribution in [0.1, 0.15) is 32.1 Å². The Hall–Kier alpha value is -2.07. The van der Waals surface area contributed by atoms with E-state index in [0.29, 0.717) is 5.69 Å². The van der Waals surface area contributed by atoms with Gasteiger partial charge >= 0.3 is 0 Å². The van der Waals surface area contributed by atoms with Gasteiger partial charge in [-0.05, 0) is 60.5 Å². The number of hydrogen-bond acceptors (Lipinski definition) is 2. The van der Waals surface area contributed by atoms with Gasteiger partial charge in [-0.2, -0.15) is 0 Å². The summed E-state index contributed by atoms with van der Waals surface area (Å²) in [5.41, 5.74) is 5.47. The average Bonchev–Trinajstić information content (AvgIpc) is 3.11. The molecule has 0 unspecified atom stereocenters. The second-order valence-electron chi connectivity index (χ2n) is 6.07. The number of aromatic amines is 1. The number of aryl methyl sites for hydroxylation is 2. The molecule has 112 valence electrons. The number of aromatic nitrogens is 1. The summed E-state index contributed by atoms with van der Waals surface area (Å²) in [6.45, 7) is 5.71. The predicted molar refractivity (Wildman–Crippen MR) is 90.5 cm³/mol. The van der Waals surface area contributed by atoms with E-state index in [0.717, 1.165) is 30.4 Å². The van der Waals surface area contributed by atoms with Gasteiger partial charge in [0, 0.05) is 28.9 Å². The maximum atomic E-state index is 12.8. The number of H-pyrrole nitrogens is 1. The molecule has 3 aromatic rings. The van der Waals surface area contributed by atoms with Gasteiger partial charge in [0.25, 0.3) is 5.91 Å². The molecule has 0 saturated heterocycles. The molecule has 0 radical (unpaired) electrons. The standard InChI is InChI=1S/C18H18N2OS/c1-11-7-12(2)14-9-16(19-15(14)8-11)18(21)20-5-3-17-13(10-20)4-6-22-17/h4,6-9,19H,3,5,10H2,1-2H3. The first-order valence-corrected chi connectivity index (χ1v) is 8.44. The summed E-state index contributed by atoms with van der Waals surface area (Å²) in [6.07, 6.45) is 0.969. The first kappa shape index (κ1) is 13.6. The molecule has 3 nitrogen and oxygen atoms in total. The van der Waals surface area contributed by atoms with Crippen molar-refractivity contribution >= 4 is 28.1 Å². The van der Waals surface area contributed by atoms with Gasteiger partial charge in [-0.25, -0.2) is 0 Å². The minimum Gasteiger partial charge on any atom is -0.351 e. The molecule has 4 rings (SSSR count). The molecule has 1 N–H and O–H groups in total. The number of amides is 1. The first-order valence-electron chi connectivity index (χ1n) is 7.56. The summed E-state index contributed by atoms with van der Waals surface area (Å²) >= 11 is 1.80. The van der Waals surface area contributed by atoms with E-state index in [1.807, 2.05) is 11.0 Å². The Morgan fingerprint density at radius 2 is 2.14 bits per heavy atom. The Kier molecular flexibility index (Phi) is 3.08. The highest BCUT2D eigenvalue weighted by atomic mass is 32.1. The third-order valence-electron chi connectivity index (χ3n) is 4.41. The van der Waals surface area contributed by atoms with Gasteiger partial charge in [0.05, 0.1) is 0 Å². The van der Waals surface area contributed by atoms with E-state index in [-0.39, 0.29) is 5.91 Å². The number of hydrogen-bond donors (Lipinski definition) is 1. The quantitative estimate of drug-likeness (QED) is 0.723. The van der Waals surface area contributed by atoms with E-state index in [1.54, 1.807) is 11.3 Å². The Balaban J connectivity index is 1.67. The van der Waals surface area contributed by atoms with E-state index < -0.39 is 0 Å². The average molecular weight is 310 g/mol. The topological polar surface area (TPSA) is 36.1 Å². The largest absolute Gasteiger partial charge is 0.351 e. The zero-order valence-corrected chi connectivity index (χ0v) is 13.6. The number of fused-ring (bicyclic) bond motifs is 2. The lowest BCUT2D eigenvalue weighted by molar-refractivity contribution is 0.0731. The molecule has 22 heavy (non-hydrogen) atoms. The number of nitrogens with zero attached hydrogens (tertiary/aromatic N) is 1. The summed E-state index contributed by atoms with van der Waals surface area (Å²) in [6, 6.07) is 8.39. The minimum atomic E-state index is 0.102. The van der Waals surface area contributed by atoms with Gasteiger partial charge < -0.3 is 9.88 Å². The van der Waals surface area contributed by atoms with Crippen molar-refractivity contribution < 1.29 is 4.79 Å². The molecular weight excluding hydrogens is 292 g/mol. The molecule has 0 saturated carbocycles. The van der Waals surface area contributed by atoms with Gasteiger partial charge in [0.15, 0.2) is 0 Å². The van der Waals surface area contributed by atoms with Crippen LogP contribution in [0.3, 0.4) is 0 Å². The molecule has 0 bridgehead atoms. The molecule has 1 aliphatic heterocycles. The summed E-state index contributed by atoms with van der Waals surface area (Å²) in [5, 5.41) is 3.26. The number of nitrogens with one attached hydrogen (secondary N) is 1. The Labute approximate surface area is 133 Å². The van der Waals surface area contributed by atoms with E-state index in [2.05, 4.69) is 42.4 Å². The zero-order valence-electron chi connectivity index (χ0n) is 12.8. The highest BCUT2D eigenvalue weighted by Gasteiger charge is 2.23. The number of carbonyl (C=O) groups excluding carboxylic acids is 1. The van der Waals surface area contributed by atoms with Gasteiger partial charge in [0.1, 0.15) is 5.69 Å². The lowest BCUT2D eigenvalue weighted by Crippen LogP contribution is -2.35. The fourth-order valence-electron chi connectivity index (χ4n) is 3.31. The molecule has 1 aliphatic rings. The molecule has 2 aromatic heterocycles. The number of benzene rings is 1. The van der Waals surface area contributed by atoms with Crippen LogP contribution in [0.2, 0.25) is 0 Å². The van der Waals surface area contributed by atoms with Crippen molar-refractivity contribution in [3.05, 3.63) is 56.9 Å². The van der Waals surface area contributed by atoms with Crippen LogP contribution in [0.5, 0.6) is 0 Å². The lowest BCUT2D eigenvalue weighted by Gasteiger charge is -2.26. The highest BCUT2D eigenvalue weighted by Crippen LogP contribution is 2.26. The van der Waals surface area contributed by atoms with Gasteiger partial charge in [0.2, 0.25) is 0 Å². The van der Waals surface area contributed by atoms with Gasteiger partial charge in [-0.15, -0.1) is 11.3 Å². The fraction of sp³-hybridized carbons (Fsp3) is 0.278. The van der Waals surface area contributed by atoms with Crippen LogP contribution in [-0.4, -0.2) is 22.3 Å². The van der Waals surface area contributed by atoms with Crippen molar-refractivity contribution in [2.45, 2.75) is 26.8 Å². The number of thiophene rings is 1. The van der Waals surface area contributed by atoms with Crippen LogP contribution in [-0.2, 0) is 13.0 Å². The van der Waals surface area contributed by atoms with Crippen molar-refractivity contribution in [3.8, 4) is 0 Å². The third kappa shape index (κ3) is 2.15. The maximum Gasteiger partial charge on any atom is 0.270 e. The minimum absolute atomic E-state index is 0.102. The van der Waals surface area contributed by atoms with Gasteiger partial charge in [-0.3, -0.25) is 4.79 Å². The molecular formula is C18H18N2OS. The summed E-state index contributed by atoms with van der Waals surface area (Å²) < 4.78 is 0. The smallest absolute Gasteiger partial charge is 0.270 e. The van der Waals surface area contributed by atoms with Crippen molar-refractivity contribution in [1.82, 2.24) is 9.88 Å². The molecule has 0 aliphatic carbocycles. The Bertz CT molecular complexity index is 874. The third-order valence-corrected chi connectivity index (χ3v) is 5.44. The van der Waals surface area contributed by atoms with Crippen molar-refractivity contribution in [2.24, 2.45) is 0 Å². The Morgan fingerprint density at radius 3 is 3.00 bits per heavy atom. The lowest BCUT2D eigenvalue weighted by atomic mass is 10.1. The van der Waals surface area contributed by atoms with E-state index in [1.165, 1.54) is 21.6 Å². The number of rotatable bonds is 1.